The molecule has 0 unspecified atom stereocenters. The molecule has 10 heteroatoms. The number of rotatable bonds is 8. The van der Waals surface area contributed by atoms with Gasteiger partial charge in [0.15, 0.2) is 17.3 Å². The largest absolute Gasteiger partial charge is 0.493 e. The molecule has 35 heavy (non-hydrogen) atoms. The molecule has 4 aromatic rings. The van der Waals surface area contributed by atoms with Gasteiger partial charge >= 0.3 is 11.9 Å². The van der Waals surface area contributed by atoms with Crippen LogP contribution in [0.5, 0.6) is 11.5 Å². The first-order valence-corrected chi connectivity index (χ1v) is 12.1. The van der Waals surface area contributed by atoms with Gasteiger partial charge in [0.2, 0.25) is 0 Å². The SMILES string of the molecule is COc1cc(/C=N/NC(=O)c2cc3cc(Br)ccc3o2)cc(I)c1OCc1ccc(C(=O)O)cc1. The van der Waals surface area contributed by atoms with E-state index in [4.69, 9.17) is 19.0 Å². The molecule has 0 aliphatic heterocycles. The van der Waals surface area contributed by atoms with Gasteiger partial charge < -0.3 is 19.0 Å². The van der Waals surface area contributed by atoms with Crippen LogP contribution in [0.3, 0.4) is 0 Å². The third-order valence-electron chi connectivity index (χ3n) is 4.92. The quantitative estimate of drug-likeness (QED) is 0.141. The minimum Gasteiger partial charge on any atom is -0.493 e. The van der Waals surface area contributed by atoms with E-state index < -0.39 is 11.9 Å². The second-order valence-corrected chi connectivity index (χ2v) is 9.39. The Kier molecular flexibility index (Phi) is 7.71. The van der Waals surface area contributed by atoms with Crippen LogP contribution in [-0.4, -0.2) is 30.3 Å². The third-order valence-corrected chi connectivity index (χ3v) is 6.21. The molecule has 1 amide bonds. The van der Waals surface area contributed by atoms with E-state index in [-0.39, 0.29) is 17.9 Å². The number of carbonyl (C=O) groups excluding carboxylic acids is 1. The van der Waals surface area contributed by atoms with E-state index in [0.717, 1.165) is 19.0 Å². The normalized spacial score (nSPS) is 11.1. The fourth-order valence-corrected chi connectivity index (χ4v) is 4.36. The number of nitrogens with one attached hydrogen (secondary N) is 1. The molecule has 0 spiro atoms. The molecular formula is C25H18BrIN2O6. The van der Waals surface area contributed by atoms with Crippen molar-refractivity contribution < 1.29 is 28.6 Å². The fraction of sp³-hybridized carbons (Fsp3) is 0.0800. The van der Waals surface area contributed by atoms with E-state index in [1.54, 1.807) is 30.3 Å². The lowest BCUT2D eigenvalue weighted by atomic mass is 10.1. The van der Waals surface area contributed by atoms with E-state index in [9.17, 15) is 9.59 Å². The number of carboxylic acids is 1. The molecule has 2 N–H and O–H groups in total. The molecule has 0 aliphatic rings. The number of ether oxygens (including phenoxy) is 2. The topological polar surface area (TPSA) is 110 Å². The molecule has 3 aromatic carbocycles. The minimum atomic E-state index is -0.979. The maximum Gasteiger partial charge on any atom is 0.335 e. The Balaban J connectivity index is 1.42. The summed E-state index contributed by atoms with van der Waals surface area (Å²) < 4.78 is 18.6. The monoisotopic (exact) mass is 648 g/mol. The zero-order chi connectivity index (χ0) is 24.9. The van der Waals surface area contributed by atoms with Crippen molar-refractivity contribution in [1.29, 1.82) is 0 Å². The zero-order valence-electron chi connectivity index (χ0n) is 18.2. The highest BCUT2D eigenvalue weighted by Gasteiger charge is 2.14. The Morgan fingerprint density at radius 1 is 1.14 bits per heavy atom. The number of amides is 1. The average Bonchev–Trinajstić information content (AvgIpc) is 3.26. The number of furan rings is 1. The molecule has 0 saturated carbocycles. The first kappa shape index (κ1) is 24.7. The van der Waals surface area contributed by atoms with Crippen molar-refractivity contribution in [2.24, 2.45) is 5.10 Å². The smallest absolute Gasteiger partial charge is 0.335 e. The number of halogens is 2. The van der Waals surface area contributed by atoms with Gasteiger partial charge in [-0.3, -0.25) is 4.79 Å². The maximum absolute atomic E-state index is 12.4. The number of aromatic carboxylic acids is 1. The van der Waals surface area contributed by atoms with Crippen molar-refractivity contribution in [3.63, 3.8) is 0 Å². The third kappa shape index (κ3) is 6.01. The van der Waals surface area contributed by atoms with Crippen LogP contribution in [0, 0.1) is 3.57 Å². The molecule has 0 saturated heterocycles. The number of carbonyl (C=O) groups is 2. The van der Waals surface area contributed by atoms with E-state index in [1.165, 1.54) is 25.5 Å². The van der Waals surface area contributed by atoms with Crippen LogP contribution in [0.1, 0.15) is 32.0 Å². The molecule has 0 bridgehead atoms. The lowest BCUT2D eigenvalue weighted by molar-refractivity contribution is 0.0696. The lowest BCUT2D eigenvalue weighted by Crippen LogP contribution is -2.16. The Labute approximate surface area is 222 Å². The summed E-state index contributed by atoms with van der Waals surface area (Å²) in [5, 5.41) is 13.8. The van der Waals surface area contributed by atoms with Crippen LogP contribution in [-0.2, 0) is 6.61 Å². The predicted molar refractivity (Wildman–Crippen MR) is 142 cm³/mol. The van der Waals surface area contributed by atoms with Crippen molar-refractivity contribution in [3.8, 4) is 11.5 Å². The van der Waals surface area contributed by atoms with Crippen LogP contribution in [0.25, 0.3) is 11.0 Å². The number of nitrogens with zero attached hydrogens (tertiary/aromatic N) is 1. The Bertz CT molecular complexity index is 1430. The second-order valence-electron chi connectivity index (χ2n) is 7.32. The van der Waals surface area contributed by atoms with Gasteiger partial charge in [0.05, 0.1) is 22.5 Å². The lowest BCUT2D eigenvalue weighted by Gasteiger charge is -2.13. The molecule has 8 nitrogen and oxygen atoms in total. The molecule has 1 aromatic heterocycles. The van der Waals surface area contributed by atoms with Gasteiger partial charge in [0.1, 0.15) is 12.2 Å². The summed E-state index contributed by atoms with van der Waals surface area (Å²) in [4.78, 5) is 23.4. The van der Waals surface area contributed by atoms with Gasteiger partial charge in [-0.15, -0.1) is 0 Å². The summed E-state index contributed by atoms with van der Waals surface area (Å²) >= 11 is 5.52. The van der Waals surface area contributed by atoms with Crippen molar-refractivity contribution in [2.75, 3.05) is 7.11 Å². The molecule has 0 radical (unpaired) electrons. The summed E-state index contributed by atoms with van der Waals surface area (Å²) in [6.07, 6.45) is 1.50. The number of benzene rings is 3. The van der Waals surface area contributed by atoms with E-state index in [2.05, 4.69) is 49.0 Å². The van der Waals surface area contributed by atoms with Crippen molar-refractivity contribution >= 4 is 67.6 Å². The molecule has 178 valence electrons. The van der Waals surface area contributed by atoms with Gasteiger partial charge in [-0.2, -0.15) is 5.10 Å². The minimum absolute atomic E-state index is 0.155. The number of hydrogen-bond donors (Lipinski definition) is 2. The number of fused-ring (bicyclic) bond motifs is 1. The summed E-state index contributed by atoms with van der Waals surface area (Å²) in [6.45, 7) is 0.240. The molecule has 0 aliphatic carbocycles. The van der Waals surface area contributed by atoms with E-state index in [0.29, 0.717) is 22.6 Å². The average molecular weight is 649 g/mol. The summed E-state index contributed by atoms with van der Waals surface area (Å²) in [6, 6.07) is 17.2. The zero-order valence-corrected chi connectivity index (χ0v) is 22.0. The summed E-state index contributed by atoms with van der Waals surface area (Å²) in [5.41, 5.74) is 4.79. The Hall–Kier alpha value is -3.38. The highest BCUT2D eigenvalue weighted by Crippen LogP contribution is 2.34. The molecule has 0 fully saturated rings. The molecule has 4 rings (SSSR count). The Morgan fingerprint density at radius 3 is 2.63 bits per heavy atom. The van der Waals surface area contributed by atoms with Gasteiger partial charge in [-0.25, -0.2) is 10.2 Å². The molecule has 0 atom stereocenters. The number of hydrogen-bond acceptors (Lipinski definition) is 6. The summed E-state index contributed by atoms with van der Waals surface area (Å²) in [7, 11) is 1.53. The molecule has 1 heterocycles. The first-order chi connectivity index (χ1) is 16.8. The standard InChI is InChI=1S/C25H18BrIN2O6/c1-33-21-9-15(8-19(27)23(21)34-13-14-2-4-16(5-3-14)25(31)32)12-28-29-24(30)22-11-17-10-18(26)6-7-20(17)35-22/h2-12H,13H2,1H3,(H,29,30)(H,31,32)/b28-12+. The highest BCUT2D eigenvalue weighted by atomic mass is 127. The highest BCUT2D eigenvalue weighted by molar-refractivity contribution is 14.1. The fourth-order valence-electron chi connectivity index (χ4n) is 3.20. The van der Waals surface area contributed by atoms with Gasteiger partial charge in [0, 0.05) is 9.86 Å². The van der Waals surface area contributed by atoms with Gasteiger partial charge in [-0.05, 0) is 82.2 Å². The van der Waals surface area contributed by atoms with Crippen LogP contribution in [0.15, 0.2) is 74.7 Å². The number of carboxylic acid groups (broad SMARTS) is 1. The first-order valence-electron chi connectivity index (χ1n) is 10.2. The van der Waals surface area contributed by atoms with Crippen molar-refractivity contribution in [3.05, 3.63) is 91.2 Å². The van der Waals surface area contributed by atoms with Crippen LogP contribution >= 0.6 is 38.5 Å². The van der Waals surface area contributed by atoms with E-state index >= 15 is 0 Å². The number of methoxy groups -OCH3 is 1. The predicted octanol–water partition coefficient (Wildman–Crippen LogP) is 5.85. The van der Waals surface area contributed by atoms with Crippen LogP contribution in [0.2, 0.25) is 0 Å². The second kappa shape index (κ2) is 10.9. The van der Waals surface area contributed by atoms with Crippen molar-refractivity contribution in [2.45, 2.75) is 6.61 Å². The van der Waals surface area contributed by atoms with Gasteiger partial charge in [0.25, 0.3) is 0 Å². The van der Waals surface area contributed by atoms with E-state index in [1.807, 2.05) is 18.2 Å². The summed E-state index contributed by atoms with van der Waals surface area (Å²) in [5.74, 6) is -0.251. The van der Waals surface area contributed by atoms with Gasteiger partial charge in [-0.1, -0.05) is 28.1 Å². The Morgan fingerprint density at radius 2 is 1.91 bits per heavy atom. The van der Waals surface area contributed by atoms with Crippen molar-refractivity contribution in [1.82, 2.24) is 5.43 Å². The van der Waals surface area contributed by atoms with Crippen LogP contribution in [0.4, 0.5) is 0 Å². The van der Waals surface area contributed by atoms with Crippen LogP contribution < -0.4 is 14.9 Å². The maximum atomic E-state index is 12.4. The molecular weight excluding hydrogens is 631 g/mol. The number of hydrazone groups is 1.